The zero-order chi connectivity index (χ0) is 8.97. The van der Waals surface area contributed by atoms with E-state index in [4.69, 9.17) is 0 Å². The third kappa shape index (κ3) is 2.19. The Bertz CT molecular complexity index is 335. The lowest BCUT2D eigenvalue weighted by Gasteiger charge is -1.94. The van der Waals surface area contributed by atoms with Crippen LogP contribution in [-0.2, 0) is 0 Å². The van der Waals surface area contributed by atoms with Crippen LogP contribution >= 0.6 is 0 Å². The Kier molecular flexibility index (Phi) is 3.02. The molecule has 3 heteroatoms. The molecule has 0 aliphatic heterocycles. The maximum atomic E-state index is 3.92. The third-order valence-electron chi connectivity index (χ3n) is 1.67. The monoisotopic (exact) mass is 165 g/mol. The maximum Gasteiger partial charge on any atom is 0.108 e. The van der Waals surface area contributed by atoms with Gasteiger partial charge in [0.1, 0.15) is 5.35 Å². The van der Waals surface area contributed by atoms with Gasteiger partial charge in [-0.1, -0.05) is 31.2 Å². The molecule has 0 aliphatic carbocycles. The molecule has 0 radical (unpaired) electrons. The Hall–Kier alpha value is -1.12. The van der Waals surface area contributed by atoms with E-state index in [0.717, 1.165) is 17.1 Å². The standard InChI is InChI=1S/C9H15N3/c1-4-8-9(11-12-10-8)6-5-7(2)3/h4,6-7H,5H2,1-3H3,(H,10,11)/b8-4+,9-6+. The average Bonchev–Trinajstić information content (AvgIpc) is 2.47. The zero-order valence-corrected chi connectivity index (χ0v) is 7.83. The smallest absolute Gasteiger partial charge is 0.108 e. The van der Waals surface area contributed by atoms with Crippen LogP contribution < -0.4 is 10.7 Å². The number of nitrogens with one attached hydrogen (secondary N) is 1. The summed E-state index contributed by atoms with van der Waals surface area (Å²) in [4.78, 5) is 0. The van der Waals surface area contributed by atoms with Crippen LogP contribution in [0.15, 0.2) is 0 Å². The van der Waals surface area contributed by atoms with E-state index in [1.54, 1.807) is 0 Å². The molecular formula is C9H15N3. The Morgan fingerprint density at radius 2 is 2.25 bits per heavy atom. The normalized spacial score (nSPS) is 14.7. The van der Waals surface area contributed by atoms with Crippen molar-refractivity contribution in [2.45, 2.75) is 27.2 Å². The number of aromatic amines is 1. The topological polar surface area (TPSA) is 41.6 Å². The van der Waals surface area contributed by atoms with Crippen molar-refractivity contribution in [2.75, 3.05) is 0 Å². The molecule has 3 nitrogen and oxygen atoms in total. The van der Waals surface area contributed by atoms with E-state index in [0.29, 0.717) is 5.92 Å². The zero-order valence-electron chi connectivity index (χ0n) is 7.83. The van der Waals surface area contributed by atoms with Gasteiger partial charge in [0.2, 0.25) is 0 Å². The van der Waals surface area contributed by atoms with Crippen molar-refractivity contribution in [1.82, 2.24) is 15.4 Å². The summed E-state index contributed by atoms with van der Waals surface area (Å²) in [6, 6.07) is 0. The van der Waals surface area contributed by atoms with Crippen LogP contribution in [0.1, 0.15) is 27.2 Å². The van der Waals surface area contributed by atoms with E-state index >= 15 is 0 Å². The Morgan fingerprint density at radius 3 is 2.83 bits per heavy atom. The minimum absolute atomic E-state index is 0.679. The Balaban J connectivity index is 2.94. The van der Waals surface area contributed by atoms with Gasteiger partial charge in [0.05, 0.1) is 5.35 Å². The van der Waals surface area contributed by atoms with Crippen molar-refractivity contribution in [3.8, 4) is 0 Å². The average molecular weight is 165 g/mol. The van der Waals surface area contributed by atoms with Gasteiger partial charge in [0.15, 0.2) is 0 Å². The highest BCUT2D eigenvalue weighted by molar-refractivity contribution is 5.22. The highest BCUT2D eigenvalue weighted by atomic mass is 15.3. The van der Waals surface area contributed by atoms with Crippen molar-refractivity contribution in [2.24, 2.45) is 5.92 Å². The fraction of sp³-hybridized carbons (Fsp3) is 0.556. The van der Waals surface area contributed by atoms with E-state index < -0.39 is 0 Å². The van der Waals surface area contributed by atoms with Crippen molar-refractivity contribution in [1.29, 1.82) is 0 Å². The first kappa shape index (κ1) is 8.97. The molecule has 12 heavy (non-hydrogen) atoms. The molecule has 66 valence electrons. The summed E-state index contributed by atoms with van der Waals surface area (Å²) >= 11 is 0. The molecule has 0 aliphatic rings. The van der Waals surface area contributed by atoms with Crippen LogP contribution in [0.4, 0.5) is 0 Å². The second-order valence-electron chi connectivity index (χ2n) is 3.23. The molecule has 0 aromatic carbocycles. The summed E-state index contributed by atoms with van der Waals surface area (Å²) in [5, 5.41) is 12.5. The Morgan fingerprint density at radius 1 is 1.50 bits per heavy atom. The van der Waals surface area contributed by atoms with Crippen molar-refractivity contribution < 1.29 is 0 Å². The van der Waals surface area contributed by atoms with Gasteiger partial charge in [0, 0.05) is 0 Å². The van der Waals surface area contributed by atoms with Gasteiger partial charge in [-0.2, -0.15) is 0 Å². The van der Waals surface area contributed by atoms with E-state index in [1.807, 2.05) is 13.0 Å². The van der Waals surface area contributed by atoms with Gasteiger partial charge in [-0.05, 0) is 19.3 Å². The minimum atomic E-state index is 0.679. The van der Waals surface area contributed by atoms with Crippen LogP contribution in [0, 0.1) is 5.92 Å². The van der Waals surface area contributed by atoms with Crippen LogP contribution in [-0.4, -0.2) is 15.4 Å². The van der Waals surface area contributed by atoms with Gasteiger partial charge in [-0.3, -0.25) is 5.10 Å². The summed E-state index contributed by atoms with van der Waals surface area (Å²) in [5.74, 6) is 0.679. The summed E-state index contributed by atoms with van der Waals surface area (Å²) in [5.41, 5.74) is 0. The van der Waals surface area contributed by atoms with Crippen molar-refractivity contribution >= 4 is 12.2 Å². The van der Waals surface area contributed by atoms with Crippen LogP contribution in [0.25, 0.3) is 12.2 Å². The van der Waals surface area contributed by atoms with Gasteiger partial charge >= 0.3 is 0 Å². The number of hydrogen-bond acceptors (Lipinski definition) is 2. The molecule has 1 aromatic rings. The molecular weight excluding hydrogens is 150 g/mol. The summed E-state index contributed by atoms with van der Waals surface area (Å²) < 4.78 is 0. The van der Waals surface area contributed by atoms with Crippen LogP contribution in [0.2, 0.25) is 0 Å². The van der Waals surface area contributed by atoms with E-state index in [1.165, 1.54) is 0 Å². The molecule has 0 fully saturated rings. The van der Waals surface area contributed by atoms with Crippen LogP contribution in [0.3, 0.4) is 0 Å². The predicted molar refractivity (Wildman–Crippen MR) is 49.7 cm³/mol. The quantitative estimate of drug-likeness (QED) is 0.690. The highest BCUT2D eigenvalue weighted by Crippen LogP contribution is 1.97. The maximum absolute atomic E-state index is 3.92. The molecule has 0 atom stereocenters. The molecule has 0 spiro atoms. The van der Waals surface area contributed by atoms with E-state index in [9.17, 15) is 0 Å². The molecule has 0 unspecified atom stereocenters. The SMILES string of the molecule is C/C=c1/nn[nH]/c1=C/CC(C)C. The largest absolute Gasteiger partial charge is 0.258 e. The molecule has 1 rings (SSSR count). The molecule has 0 saturated carbocycles. The first-order chi connectivity index (χ1) is 5.74. The number of aromatic nitrogens is 3. The van der Waals surface area contributed by atoms with E-state index in [-0.39, 0.29) is 0 Å². The first-order valence-corrected chi connectivity index (χ1v) is 4.27. The number of rotatable bonds is 2. The second kappa shape index (κ2) is 4.04. The number of nitrogens with zero attached hydrogens (tertiary/aromatic N) is 2. The summed E-state index contributed by atoms with van der Waals surface area (Å²) in [6.45, 7) is 6.34. The molecule has 0 bridgehead atoms. The molecule has 0 amide bonds. The minimum Gasteiger partial charge on any atom is -0.258 e. The van der Waals surface area contributed by atoms with Crippen molar-refractivity contribution in [3.63, 3.8) is 0 Å². The van der Waals surface area contributed by atoms with Gasteiger partial charge in [0.25, 0.3) is 0 Å². The van der Waals surface area contributed by atoms with Gasteiger partial charge < -0.3 is 0 Å². The lowest BCUT2D eigenvalue weighted by atomic mass is 10.1. The molecule has 0 saturated heterocycles. The molecule has 1 N–H and O–H groups in total. The van der Waals surface area contributed by atoms with E-state index in [2.05, 4.69) is 35.3 Å². The Labute approximate surface area is 72.2 Å². The fourth-order valence-electron chi connectivity index (χ4n) is 0.961. The number of H-pyrrole nitrogens is 1. The highest BCUT2D eigenvalue weighted by Gasteiger charge is 1.90. The fourth-order valence-corrected chi connectivity index (χ4v) is 0.961. The summed E-state index contributed by atoms with van der Waals surface area (Å²) in [6.07, 6.45) is 5.15. The van der Waals surface area contributed by atoms with Gasteiger partial charge in [-0.15, -0.1) is 5.10 Å². The molecule has 1 heterocycles. The predicted octanol–water partition coefficient (Wildman–Crippen LogP) is 0.432. The summed E-state index contributed by atoms with van der Waals surface area (Å²) in [7, 11) is 0. The second-order valence-corrected chi connectivity index (χ2v) is 3.23. The van der Waals surface area contributed by atoms with Crippen molar-refractivity contribution in [3.05, 3.63) is 10.7 Å². The van der Waals surface area contributed by atoms with Gasteiger partial charge in [-0.25, -0.2) is 0 Å². The lowest BCUT2D eigenvalue weighted by Crippen LogP contribution is -2.23. The van der Waals surface area contributed by atoms with Crippen LogP contribution in [0.5, 0.6) is 0 Å². The lowest BCUT2D eigenvalue weighted by molar-refractivity contribution is 0.680. The third-order valence-corrected chi connectivity index (χ3v) is 1.67. The first-order valence-electron chi connectivity index (χ1n) is 4.27. The number of hydrogen-bond donors (Lipinski definition) is 1. The molecule has 1 aromatic heterocycles.